The van der Waals surface area contributed by atoms with Crippen molar-refractivity contribution in [3.05, 3.63) is 58.6 Å². The molecule has 0 saturated heterocycles. The highest BCUT2D eigenvalue weighted by atomic mass is 79.9. The van der Waals surface area contributed by atoms with Crippen LogP contribution in [0.5, 0.6) is 0 Å². The maximum absolute atomic E-state index is 12.2. The second-order valence-corrected chi connectivity index (χ2v) is 6.80. The van der Waals surface area contributed by atoms with Gasteiger partial charge < -0.3 is 5.32 Å². The van der Waals surface area contributed by atoms with Gasteiger partial charge in [0.2, 0.25) is 11.7 Å². The van der Waals surface area contributed by atoms with Crippen LogP contribution in [0.2, 0.25) is 0 Å². The van der Waals surface area contributed by atoms with Crippen LogP contribution in [-0.4, -0.2) is 26.1 Å². The third-order valence-corrected chi connectivity index (χ3v) is 4.41. The average molecular weight is 400 g/mol. The lowest BCUT2D eigenvalue weighted by Gasteiger charge is -2.08. The SMILES string of the molecule is CC(C)c1ccc(NC(=O)Cn2nnc(-c3ccccc3Br)n2)cc1. The minimum Gasteiger partial charge on any atom is -0.324 e. The van der Waals surface area contributed by atoms with Crippen molar-refractivity contribution < 1.29 is 4.79 Å². The molecule has 7 heteroatoms. The molecule has 1 amide bonds. The highest BCUT2D eigenvalue weighted by Gasteiger charge is 2.11. The van der Waals surface area contributed by atoms with E-state index in [1.807, 2.05) is 48.5 Å². The normalized spacial score (nSPS) is 10.9. The van der Waals surface area contributed by atoms with Gasteiger partial charge in [-0.1, -0.05) is 54.0 Å². The number of halogens is 1. The van der Waals surface area contributed by atoms with Gasteiger partial charge >= 0.3 is 0 Å². The lowest BCUT2D eigenvalue weighted by atomic mass is 10.0. The fourth-order valence-corrected chi connectivity index (χ4v) is 2.80. The zero-order valence-corrected chi connectivity index (χ0v) is 15.6. The summed E-state index contributed by atoms with van der Waals surface area (Å²) in [6.07, 6.45) is 0. The van der Waals surface area contributed by atoms with E-state index in [2.05, 4.69) is 50.5 Å². The Morgan fingerprint density at radius 1 is 1.16 bits per heavy atom. The number of benzene rings is 2. The van der Waals surface area contributed by atoms with E-state index in [4.69, 9.17) is 0 Å². The molecule has 128 valence electrons. The summed E-state index contributed by atoms with van der Waals surface area (Å²) < 4.78 is 0.879. The second kappa shape index (κ2) is 7.57. The Morgan fingerprint density at radius 2 is 1.88 bits per heavy atom. The Labute approximate surface area is 154 Å². The van der Waals surface area contributed by atoms with Crippen LogP contribution in [-0.2, 0) is 11.3 Å². The van der Waals surface area contributed by atoms with E-state index in [0.717, 1.165) is 15.7 Å². The van der Waals surface area contributed by atoms with Crippen LogP contribution in [0.15, 0.2) is 53.0 Å². The summed E-state index contributed by atoms with van der Waals surface area (Å²) in [4.78, 5) is 13.4. The molecule has 25 heavy (non-hydrogen) atoms. The lowest BCUT2D eigenvalue weighted by Crippen LogP contribution is -2.20. The molecule has 0 aliphatic carbocycles. The smallest absolute Gasteiger partial charge is 0.248 e. The van der Waals surface area contributed by atoms with E-state index in [1.165, 1.54) is 10.4 Å². The van der Waals surface area contributed by atoms with E-state index in [-0.39, 0.29) is 12.5 Å². The largest absolute Gasteiger partial charge is 0.324 e. The Bertz CT molecular complexity index is 873. The van der Waals surface area contributed by atoms with Crippen LogP contribution in [0, 0.1) is 0 Å². The number of nitrogens with one attached hydrogen (secondary N) is 1. The topological polar surface area (TPSA) is 72.7 Å². The molecule has 0 unspecified atom stereocenters. The molecular formula is C18H18BrN5O. The quantitative estimate of drug-likeness (QED) is 0.706. The molecule has 1 N–H and O–H groups in total. The molecule has 2 aromatic carbocycles. The van der Waals surface area contributed by atoms with Gasteiger partial charge in [-0.25, -0.2) is 0 Å². The van der Waals surface area contributed by atoms with Crippen molar-refractivity contribution in [2.24, 2.45) is 0 Å². The van der Waals surface area contributed by atoms with Crippen molar-refractivity contribution in [2.75, 3.05) is 5.32 Å². The molecule has 0 aliphatic heterocycles. The van der Waals surface area contributed by atoms with Crippen LogP contribution < -0.4 is 5.32 Å². The monoisotopic (exact) mass is 399 g/mol. The predicted octanol–water partition coefficient (Wildman–Crippen LogP) is 3.86. The van der Waals surface area contributed by atoms with Gasteiger partial charge in [0, 0.05) is 15.7 Å². The number of hydrogen-bond donors (Lipinski definition) is 1. The van der Waals surface area contributed by atoms with Crippen LogP contribution in [0.4, 0.5) is 5.69 Å². The van der Waals surface area contributed by atoms with Gasteiger partial charge in [0.25, 0.3) is 0 Å². The predicted molar refractivity (Wildman–Crippen MR) is 100 cm³/mol. The van der Waals surface area contributed by atoms with Crippen molar-refractivity contribution in [3.8, 4) is 11.4 Å². The molecule has 3 rings (SSSR count). The number of rotatable bonds is 5. The van der Waals surface area contributed by atoms with Crippen molar-refractivity contribution in [1.82, 2.24) is 20.2 Å². The number of anilines is 1. The van der Waals surface area contributed by atoms with Crippen molar-refractivity contribution in [3.63, 3.8) is 0 Å². The number of carbonyl (C=O) groups is 1. The molecule has 0 saturated carbocycles. The highest BCUT2D eigenvalue weighted by molar-refractivity contribution is 9.10. The number of hydrogen-bond acceptors (Lipinski definition) is 4. The van der Waals surface area contributed by atoms with Crippen LogP contribution in [0.25, 0.3) is 11.4 Å². The van der Waals surface area contributed by atoms with E-state index in [0.29, 0.717) is 11.7 Å². The molecule has 1 aromatic heterocycles. The van der Waals surface area contributed by atoms with Crippen molar-refractivity contribution >= 4 is 27.5 Å². The number of aromatic nitrogens is 4. The summed E-state index contributed by atoms with van der Waals surface area (Å²) in [7, 11) is 0. The maximum Gasteiger partial charge on any atom is 0.248 e. The van der Waals surface area contributed by atoms with Crippen LogP contribution in [0.3, 0.4) is 0 Å². The molecule has 0 radical (unpaired) electrons. The summed E-state index contributed by atoms with van der Waals surface area (Å²) in [5.74, 6) is 0.731. The summed E-state index contributed by atoms with van der Waals surface area (Å²) in [6.45, 7) is 4.27. The Kier molecular flexibility index (Phi) is 5.23. The Hall–Kier alpha value is -2.54. The molecule has 3 aromatic rings. The van der Waals surface area contributed by atoms with Crippen molar-refractivity contribution in [2.45, 2.75) is 26.3 Å². The summed E-state index contributed by atoms with van der Waals surface area (Å²) in [5, 5.41) is 15.1. The Morgan fingerprint density at radius 3 is 2.56 bits per heavy atom. The molecule has 1 heterocycles. The molecule has 0 fully saturated rings. The first kappa shape index (κ1) is 17.3. The van der Waals surface area contributed by atoms with Gasteiger partial charge in [-0.05, 0) is 41.0 Å². The average Bonchev–Trinajstić information content (AvgIpc) is 3.03. The Balaban J connectivity index is 1.65. The number of amides is 1. The van der Waals surface area contributed by atoms with Gasteiger partial charge in [0.05, 0.1) is 0 Å². The van der Waals surface area contributed by atoms with Crippen molar-refractivity contribution in [1.29, 1.82) is 0 Å². The van der Waals surface area contributed by atoms with Gasteiger partial charge in [-0.3, -0.25) is 4.79 Å². The maximum atomic E-state index is 12.2. The minimum absolute atomic E-state index is 0.00336. The number of nitrogens with zero attached hydrogens (tertiary/aromatic N) is 4. The number of tetrazole rings is 1. The zero-order valence-electron chi connectivity index (χ0n) is 14.0. The van der Waals surface area contributed by atoms with Crippen LogP contribution >= 0.6 is 15.9 Å². The molecule has 0 aliphatic rings. The highest BCUT2D eigenvalue weighted by Crippen LogP contribution is 2.24. The first-order valence-corrected chi connectivity index (χ1v) is 8.75. The summed E-state index contributed by atoms with van der Waals surface area (Å²) in [6, 6.07) is 15.4. The van der Waals surface area contributed by atoms with Gasteiger partial charge in [0.1, 0.15) is 6.54 Å². The third kappa shape index (κ3) is 4.30. The summed E-state index contributed by atoms with van der Waals surface area (Å²) in [5.41, 5.74) is 2.81. The van der Waals surface area contributed by atoms with E-state index >= 15 is 0 Å². The molecule has 0 spiro atoms. The third-order valence-electron chi connectivity index (χ3n) is 3.71. The van der Waals surface area contributed by atoms with Gasteiger partial charge in [-0.15, -0.1) is 10.2 Å². The first-order chi connectivity index (χ1) is 12.0. The van der Waals surface area contributed by atoms with Gasteiger partial charge in [-0.2, -0.15) is 4.80 Å². The second-order valence-electron chi connectivity index (χ2n) is 5.95. The van der Waals surface area contributed by atoms with E-state index in [9.17, 15) is 4.79 Å². The standard InChI is InChI=1S/C18H18BrN5O/c1-12(2)13-7-9-14(10-8-13)20-17(25)11-24-22-18(21-23-24)15-5-3-4-6-16(15)19/h3-10,12H,11H2,1-2H3,(H,20,25). The van der Waals surface area contributed by atoms with Crippen LogP contribution in [0.1, 0.15) is 25.3 Å². The van der Waals surface area contributed by atoms with E-state index in [1.54, 1.807) is 0 Å². The molecule has 0 bridgehead atoms. The molecule has 0 atom stereocenters. The molecule has 6 nitrogen and oxygen atoms in total. The number of carbonyl (C=O) groups excluding carboxylic acids is 1. The van der Waals surface area contributed by atoms with E-state index < -0.39 is 0 Å². The fourth-order valence-electron chi connectivity index (χ4n) is 2.34. The first-order valence-electron chi connectivity index (χ1n) is 7.95. The zero-order chi connectivity index (χ0) is 17.8. The van der Waals surface area contributed by atoms with Gasteiger partial charge in [0.15, 0.2) is 0 Å². The lowest BCUT2D eigenvalue weighted by molar-refractivity contribution is -0.117. The summed E-state index contributed by atoms with van der Waals surface area (Å²) >= 11 is 3.46. The minimum atomic E-state index is -0.201. The molecular weight excluding hydrogens is 382 g/mol. The fraction of sp³-hybridized carbons (Fsp3) is 0.222.